The van der Waals surface area contributed by atoms with Crippen LogP contribution in [0, 0.1) is 0 Å². The van der Waals surface area contributed by atoms with Gasteiger partial charge >= 0.3 is 0 Å². The Hall–Kier alpha value is -1.02. The normalized spacial score (nSPS) is 12.0. The maximum Gasteiger partial charge on any atom is 0.258 e. The second-order valence-electron chi connectivity index (χ2n) is 5.25. The molecule has 0 N–H and O–H groups in total. The molecule has 0 radical (unpaired) electrons. The van der Waals surface area contributed by atoms with E-state index in [9.17, 15) is 4.79 Å². The fraction of sp³-hybridized carbons (Fsp3) is 0.222. The summed E-state index contributed by atoms with van der Waals surface area (Å²) in [6.07, 6.45) is 2.09. The van der Waals surface area contributed by atoms with Crippen molar-refractivity contribution < 1.29 is 4.79 Å². The van der Waals surface area contributed by atoms with Gasteiger partial charge in [-0.1, -0.05) is 45.5 Å². The first kappa shape index (κ1) is 18.8. The molecule has 1 heterocycles. The lowest BCUT2D eigenvalue weighted by Crippen LogP contribution is -2.18. The highest BCUT2D eigenvalue weighted by Gasteiger charge is 2.09. The quantitative estimate of drug-likeness (QED) is 0.490. The Morgan fingerprint density at radius 1 is 1.24 bits per heavy atom. The van der Waals surface area contributed by atoms with Gasteiger partial charge in [-0.2, -0.15) is 16.8 Å². The molecule has 7 heteroatoms. The predicted molar refractivity (Wildman–Crippen MR) is 114 cm³/mol. The first-order valence-corrected chi connectivity index (χ1v) is 11.7. The molecule has 0 aliphatic rings. The van der Waals surface area contributed by atoms with Crippen LogP contribution in [0.4, 0.5) is 0 Å². The minimum atomic E-state index is -0.0997. The zero-order valence-electron chi connectivity index (χ0n) is 13.6. The highest BCUT2D eigenvalue weighted by atomic mass is 79.9. The van der Waals surface area contributed by atoms with Gasteiger partial charge in [0.1, 0.15) is 0 Å². The maximum absolute atomic E-state index is 12.3. The molecule has 0 fully saturated rings. The van der Waals surface area contributed by atoms with E-state index in [4.69, 9.17) is 0 Å². The number of halogens is 1. The van der Waals surface area contributed by atoms with Crippen molar-refractivity contribution in [2.45, 2.75) is 11.4 Å². The molecule has 0 unspecified atom stereocenters. The molecule has 3 rings (SSSR count). The van der Waals surface area contributed by atoms with Crippen LogP contribution in [-0.4, -0.2) is 28.2 Å². The number of aromatic nitrogens is 1. The summed E-state index contributed by atoms with van der Waals surface area (Å²) in [5.74, 6) is 1.24. The summed E-state index contributed by atoms with van der Waals surface area (Å²) in [7, 11) is 0. The lowest BCUT2D eigenvalue weighted by atomic mass is 10.3. The van der Waals surface area contributed by atoms with Crippen molar-refractivity contribution in [1.82, 2.24) is 4.57 Å². The Bertz CT molecular complexity index is 934. The van der Waals surface area contributed by atoms with Crippen LogP contribution in [-0.2, 0) is 11.3 Å². The highest BCUT2D eigenvalue weighted by molar-refractivity contribution is 9.10. The number of thioether (sulfide) groups is 2. The van der Waals surface area contributed by atoms with E-state index in [2.05, 4.69) is 43.9 Å². The molecule has 3 nitrogen and oxygen atoms in total. The van der Waals surface area contributed by atoms with Crippen molar-refractivity contribution in [3.63, 3.8) is 0 Å². The summed E-state index contributed by atoms with van der Waals surface area (Å²) in [6, 6.07) is 16.1. The largest absolute Gasteiger partial charge is 0.316 e. The van der Waals surface area contributed by atoms with E-state index in [0.717, 1.165) is 36.7 Å². The fourth-order valence-corrected chi connectivity index (χ4v) is 5.03. The third-order valence-corrected chi connectivity index (χ3v) is 6.61. The second-order valence-corrected chi connectivity index (χ2v) is 9.21. The number of aryl methyl sites for hydroxylation is 1. The molecular weight excluding hydrogens is 436 g/mol. The van der Waals surface area contributed by atoms with Gasteiger partial charge in [-0.05, 0) is 36.6 Å². The number of amides is 1. The molecule has 0 aliphatic carbocycles. The number of benzene rings is 2. The summed E-state index contributed by atoms with van der Waals surface area (Å²) in [5.41, 5.74) is 1.13. The number of carbonyl (C=O) groups is 1. The van der Waals surface area contributed by atoms with Gasteiger partial charge in [-0.3, -0.25) is 4.79 Å². The molecule has 1 aromatic heterocycles. The summed E-state index contributed by atoms with van der Waals surface area (Å²) in [6.45, 7) is 0.848. The van der Waals surface area contributed by atoms with E-state index in [0.29, 0.717) is 5.75 Å². The van der Waals surface area contributed by atoms with Crippen molar-refractivity contribution >= 4 is 66.9 Å². The van der Waals surface area contributed by atoms with Gasteiger partial charge in [-0.25, -0.2) is 0 Å². The van der Waals surface area contributed by atoms with Gasteiger partial charge in [0, 0.05) is 21.7 Å². The first-order valence-electron chi connectivity index (χ1n) is 7.70. The third-order valence-electron chi connectivity index (χ3n) is 3.49. The van der Waals surface area contributed by atoms with Crippen LogP contribution in [0.2, 0.25) is 0 Å². The zero-order chi connectivity index (χ0) is 17.6. The SMILES string of the molecule is CSCCn1c(=NC(=O)CSc2ccccc2)sc2cc(Br)ccc21. The molecule has 0 aliphatic heterocycles. The molecule has 0 atom stereocenters. The number of fused-ring (bicyclic) bond motifs is 1. The van der Waals surface area contributed by atoms with E-state index < -0.39 is 0 Å². The summed E-state index contributed by atoms with van der Waals surface area (Å²) < 4.78 is 4.32. The minimum Gasteiger partial charge on any atom is -0.316 e. The van der Waals surface area contributed by atoms with Crippen LogP contribution in [0.5, 0.6) is 0 Å². The predicted octanol–water partition coefficient (Wildman–Crippen LogP) is 5.05. The molecule has 1 amide bonds. The van der Waals surface area contributed by atoms with E-state index in [1.54, 1.807) is 23.1 Å². The number of rotatable bonds is 6. The Labute approximate surface area is 167 Å². The summed E-state index contributed by atoms with van der Waals surface area (Å²) >= 11 is 8.39. The van der Waals surface area contributed by atoms with Crippen molar-refractivity contribution in [3.8, 4) is 0 Å². The van der Waals surface area contributed by atoms with Gasteiger partial charge < -0.3 is 4.57 Å². The summed E-state index contributed by atoms with van der Waals surface area (Å²) in [5, 5.41) is 0. The Morgan fingerprint density at radius 2 is 2.04 bits per heavy atom. The maximum atomic E-state index is 12.3. The number of carbonyl (C=O) groups excluding carboxylic acids is 1. The zero-order valence-corrected chi connectivity index (χ0v) is 17.7. The Balaban J connectivity index is 1.87. The average Bonchev–Trinajstić information content (AvgIpc) is 2.95. The number of hydrogen-bond donors (Lipinski definition) is 0. The van der Waals surface area contributed by atoms with Crippen molar-refractivity contribution in [2.24, 2.45) is 4.99 Å². The Morgan fingerprint density at radius 3 is 2.80 bits per heavy atom. The molecule has 0 spiro atoms. The van der Waals surface area contributed by atoms with Crippen LogP contribution in [0.25, 0.3) is 10.2 Å². The van der Waals surface area contributed by atoms with Crippen molar-refractivity contribution in [3.05, 3.63) is 57.8 Å². The van der Waals surface area contributed by atoms with Gasteiger partial charge in [0.25, 0.3) is 5.91 Å². The lowest BCUT2D eigenvalue weighted by Gasteiger charge is -2.03. The number of hydrogen-bond acceptors (Lipinski definition) is 4. The van der Waals surface area contributed by atoms with Gasteiger partial charge in [-0.15, -0.1) is 11.8 Å². The van der Waals surface area contributed by atoms with Crippen LogP contribution < -0.4 is 4.80 Å². The average molecular weight is 453 g/mol. The Kier molecular flexibility index (Phi) is 6.81. The lowest BCUT2D eigenvalue weighted by molar-refractivity contribution is -0.115. The molecule has 130 valence electrons. The van der Waals surface area contributed by atoms with Crippen LogP contribution >= 0.6 is 50.8 Å². The molecule has 25 heavy (non-hydrogen) atoms. The minimum absolute atomic E-state index is 0.0997. The van der Waals surface area contributed by atoms with Crippen molar-refractivity contribution in [1.29, 1.82) is 0 Å². The molecule has 0 bridgehead atoms. The van der Waals surface area contributed by atoms with E-state index in [1.807, 2.05) is 36.4 Å². The molecule has 0 saturated heterocycles. The van der Waals surface area contributed by atoms with Crippen LogP contribution in [0.1, 0.15) is 0 Å². The van der Waals surface area contributed by atoms with Gasteiger partial charge in [0.15, 0.2) is 4.80 Å². The molecule has 2 aromatic carbocycles. The van der Waals surface area contributed by atoms with Gasteiger partial charge in [0.2, 0.25) is 0 Å². The molecule has 3 aromatic rings. The topological polar surface area (TPSA) is 34.4 Å². The molecule has 0 saturated carbocycles. The van der Waals surface area contributed by atoms with Crippen molar-refractivity contribution in [2.75, 3.05) is 17.8 Å². The smallest absolute Gasteiger partial charge is 0.258 e. The monoisotopic (exact) mass is 452 g/mol. The standard InChI is InChI=1S/C18H17BrN2OS3/c1-23-10-9-21-15-8-7-13(19)11-16(15)25-18(21)20-17(22)12-24-14-5-3-2-4-6-14/h2-8,11H,9-10,12H2,1H3. The third kappa shape index (κ3) is 5.00. The van der Waals surface area contributed by atoms with E-state index >= 15 is 0 Å². The van der Waals surface area contributed by atoms with E-state index in [1.165, 1.54) is 11.8 Å². The van der Waals surface area contributed by atoms with Gasteiger partial charge in [0.05, 0.1) is 16.0 Å². The second kappa shape index (κ2) is 9.07. The summed E-state index contributed by atoms with van der Waals surface area (Å²) in [4.78, 5) is 18.6. The number of thiazole rings is 1. The number of nitrogens with zero attached hydrogens (tertiary/aromatic N) is 2. The molecular formula is C18H17BrN2OS3. The van der Waals surface area contributed by atoms with Crippen LogP contribution in [0.15, 0.2) is 62.9 Å². The highest BCUT2D eigenvalue weighted by Crippen LogP contribution is 2.23. The van der Waals surface area contributed by atoms with E-state index in [-0.39, 0.29) is 5.91 Å². The van der Waals surface area contributed by atoms with Crippen LogP contribution in [0.3, 0.4) is 0 Å². The first-order chi connectivity index (χ1) is 12.2. The fourth-order valence-electron chi connectivity index (χ4n) is 2.33.